The lowest BCUT2D eigenvalue weighted by Gasteiger charge is -2.08. The summed E-state index contributed by atoms with van der Waals surface area (Å²) in [4.78, 5) is 28.9. The lowest BCUT2D eigenvalue weighted by Crippen LogP contribution is -2.29. The number of benzene rings is 2. The Labute approximate surface area is 153 Å². The number of carbonyl (C=O) groups excluding carboxylic acids is 2. The Hall–Kier alpha value is -2.89. The van der Waals surface area contributed by atoms with Crippen molar-refractivity contribution in [3.05, 3.63) is 60.2 Å². The number of nitrogens with one attached hydrogen (secondary N) is 2. The highest BCUT2D eigenvalue weighted by Gasteiger charge is 2.16. The molecule has 0 radical (unpaired) electrons. The standard InChI is InChI=1S/C16H14F2N2O6S/c17-11-4-6-14(7-5-11)27(23,24)20-26-10-16(22)25-9-15(21)19-13-3-1-2-12(18)8-13/h1-8,20H,9-10H2,(H,19,21). The summed E-state index contributed by atoms with van der Waals surface area (Å²) >= 11 is 0. The van der Waals surface area contributed by atoms with Crippen LogP contribution in [0.1, 0.15) is 0 Å². The van der Waals surface area contributed by atoms with Crippen molar-refractivity contribution >= 4 is 27.6 Å². The van der Waals surface area contributed by atoms with Gasteiger partial charge in [0.25, 0.3) is 15.9 Å². The molecule has 2 rings (SSSR count). The highest BCUT2D eigenvalue weighted by Crippen LogP contribution is 2.10. The zero-order chi connectivity index (χ0) is 19.9. The molecule has 1 amide bonds. The minimum absolute atomic E-state index is 0.180. The maximum atomic E-state index is 13.0. The number of rotatable bonds is 8. The smallest absolute Gasteiger partial charge is 0.334 e. The van der Waals surface area contributed by atoms with Gasteiger partial charge in [-0.1, -0.05) is 11.0 Å². The largest absolute Gasteiger partial charge is 0.454 e. The van der Waals surface area contributed by atoms with Crippen molar-refractivity contribution in [1.29, 1.82) is 0 Å². The summed E-state index contributed by atoms with van der Waals surface area (Å²) in [5.74, 6) is -2.91. The number of ether oxygens (including phenoxy) is 1. The molecule has 2 aromatic rings. The molecule has 0 heterocycles. The summed E-state index contributed by atoms with van der Waals surface area (Å²) in [6.07, 6.45) is 0. The van der Waals surface area contributed by atoms with Crippen LogP contribution in [-0.2, 0) is 29.2 Å². The lowest BCUT2D eigenvalue weighted by molar-refractivity contribution is -0.152. The first-order chi connectivity index (χ1) is 12.8. The number of halogens is 2. The van der Waals surface area contributed by atoms with Crippen molar-refractivity contribution in [3.63, 3.8) is 0 Å². The Morgan fingerprint density at radius 1 is 0.963 bits per heavy atom. The van der Waals surface area contributed by atoms with Crippen molar-refractivity contribution in [1.82, 2.24) is 4.89 Å². The lowest BCUT2D eigenvalue weighted by atomic mass is 10.3. The van der Waals surface area contributed by atoms with Gasteiger partial charge in [0.15, 0.2) is 13.2 Å². The van der Waals surface area contributed by atoms with Crippen LogP contribution in [0.3, 0.4) is 0 Å². The number of anilines is 1. The molecular formula is C16H14F2N2O6S. The van der Waals surface area contributed by atoms with Crippen LogP contribution >= 0.6 is 0 Å². The van der Waals surface area contributed by atoms with E-state index in [1.807, 2.05) is 0 Å². The van der Waals surface area contributed by atoms with Gasteiger partial charge in [-0.3, -0.25) is 9.63 Å². The van der Waals surface area contributed by atoms with Gasteiger partial charge in [-0.2, -0.15) is 0 Å². The third-order valence-electron chi connectivity index (χ3n) is 2.96. The number of carbonyl (C=O) groups is 2. The van der Waals surface area contributed by atoms with Crippen LogP contribution in [0.25, 0.3) is 0 Å². The predicted octanol–water partition coefficient (Wildman–Crippen LogP) is 1.36. The molecule has 0 bridgehead atoms. The van der Waals surface area contributed by atoms with E-state index >= 15 is 0 Å². The predicted molar refractivity (Wildman–Crippen MR) is 88.7 cm³/mol. The average Bonchev–Trinajstić information content (AvgIpc) is 2.60. The zero-order valence-corrected chi connectivity index (χ0v) is 14.5. The Morgan fingerprint density at radius 3 is 2.33 bits per heavy atom. The third kappa shape index (κ3) is 6.73. The van der Waals surface area contributed by atoms with Gasteiger partial charge in [0.1, 0.15) is 11.6 Å². The van der Waals surface area contributed by atoms with E-state index in [9.17, 15) is 26.8 Å². The van der Waals surface area contributed by atoms with E-state index in [1.165, 1.54) is 18.2 Å². The second-order valence-electron chi connectivity index (χ2n) is 5.05. The fourth-order valence-corrected chi connectivity index (χ4v) is 2.58. The van der Waals surface area contributed by atoms with Crippen LogP contribution in [0.15, 0.2) is 53.4 Å². The van der Waals surface area contributed by atoms with E-state index in [1.54, 1.807) is 4.89 Å². The molecule has 27 heavy (non-hydrogen) atoms. The maximum Gasteiger partial charge on any atom is 0.334 e. The van der Waals surface area contributed by atoms with Crippen molar-refractivity contribution in [2.45, 2.75) is 4.90 Å². The van der Waals surface area contributed by atoms with Crippen LogP contribution in [0.5, 0.6) is 0 Å². The van der Waals surface area contributed by atoms with Gasteiger partial charge in [-0.15, -0.1) is 0 Å². The van der Waals surface area contributed by atoms with E-state index in [2.05, 4.69) is 14.9 Å². The molecule has 8 nitrogen and oxygen atoms in total. The Balaban J connectivity index is 1.73. The highest BCUT2D eigenvalue weighted by molar-refractivity contribution is 7.89. The van der Waals surface area contributed by atoms with Crippen molar-refractivity contribution in [2.24, 2.45) is 0 Å². The minimum Gasteiger partial charge on any atom is -0.454 e. The number of hydrogen-bond acceptors (Lipinski definition) is 6. The molecule has 0 aromatic heterocycles. The van der Waals surface area contributed by atoms with E-state index < -0.39 is 46.7 Å². The molecule has 0 aliphatic rings. The van der Waals surface area contributed by atoms with Gasteiger partial charge in [-0.05, 0) is 42.5 Å². The van der Waals surface area contributed by atoms with Gasteiger partial charge in [0, 0.05) is 5.69 Å². The Morgan fingerprint density at radius 2 is 1.67 bits per heavy atom. The molecule has 0 aliphatic heterocycles. The fourth-order valence-electron chi connectivity index (χ4n) is 1.78. The number of esters is 1. The number of sulfonamides is 1. The van der Waals surface area contributed by atoms with Crippen LogP contribution < -0.4 is 10.2 Å². The van der Waals surface area contributed by atoms with Gasteiger partial charge in [0.05, 0.1) is 4.90 Å². The van der Waals surface area contributed by atoms with Gasteiger partial charge < -0.3 is 10.1 Å². The van der Waals surface area contributed by atoms with E-state index in [4.69, 9.17) is 0 Å². The van der Waals surface area contributed by atoms with Crippen molar-refractivity contribution in [3.8, 4) is 0 Å². The number of hydrogen-bond donors (Lipinski definition) is 2. The topological polar surface area (TPSA) is 111 Å². The molecule has 144 valence electrons. The van der Waals surface area contributed by atoms with Crippen LogP contribution in [0.2, 0.25) is 0 Å². The molecule has 0 spiro atoms. The van der Waals surface area contributed by atoms with Crippen molar-refractivity contribution in [2.75, 3.05) is 18.5 Å². The number of amides is 1. The second kappa shape index (κ2) is 9.16. The van der Waals surface area contributed by atoms with Crippen LogP contribution in [-0.4, -0.2) is 33.5 Å². The van der Waals surface area contributed by atoms with E-state index in [0.29, 0.717) is 0 Å². The maximum absolute atomic E-state index is 13.0. The summed E-state index contributed by atoms with van der Waals surface area (Å²) in [5, 5.41) is 2.31. The van der Waals surface area contributed by atoms with Gasteiger partial charge >= 0.3 is 5.97 Å². The normalized spacial score (nSPS) is 11.0. The molecule has 0 saturated heterocycles. The molecule has 0 atom stereocenters. The summed E-state index contributed by atoms with van der Waals surface area (Å²) in [7, 11) is -4.11. The highest BCUT2D eigenvalue weighted by atomic mass is 32.2. The molecule has 2 N–H and O–H groups in total. The van der Waals surface area contributed by atoms with E-state index in [-0.39, 0.29) is 10.6 Å². The second-order valence-corrected chi connectivity index (χ2v) is 6.69. The molecule has 0 unspecified atom stereocenters. The first-order valence-corrected chi connectivity index (χ1v) is 8.85. The fraction of sp³-hybridized carbons (Fsp3) is 0.125. The minimum atomic E-state index is -4.11. The van der Waals surface area contributed by atoms with Crippen molar-refractivity contribution < 1.29 is 36.4 Å². The Kier molecular flexibility index (Phi) is 6.93. The average molecular weight is 400 g/mol. The monoisotopic (exact) mass is 400 g/mol. The van der Waals surface area contributed by atoms with Gasteiger partial charge in [-0.25, -0.2) is 22.0 Å². The molecule has 2 aromatic carbocycles. The van der Waals surface area contributed by atoms with Crippen LogP contribution in [0, 0.1) is 11.6 Å². The molecule has 11 heteroatoms. The molecule has 0 aliphatic carbocycles. The summed E-state index contributed by atoms with van der Waals surface area (Å²) in [5.41, 5.74) is 0.180. The van der Waals surface area contributed by atoms with Gasteiger partial charge in [0.2, 0.25) is 0 Å². The molecule has 0 saturated carbocycles. The SMILES string of the molecule is O=C(COC(=O)CONS(=O)(=O)c1ccc(F)cc1)Nc1cccc(F)c1. The van der Waals surface area contributed by atoms with E-state index in [0.717, 1.165) is 30.3 Å². The summed E-state index contributed by atoms with van der Waals surface area (Å²) in [6, 6.07) is 9.01. The zero-order valence-electron chi connectivity index (χ0n) is 13.6. The summed E-state index contributed by atoms with van der Waals surface area (Å²) in [6.45, 7) is -1.49. The first-order valence-electron chi connectivity index (χ1n) is 7.36. The quantitative estimate of drug-likeness (QED) is 0.511. The Bertz CT molecular complexity index is 919. The van der Waals surface area contributed by atoms with Crippen LogP contribution in [0.4, 0.5) is 14.5 Å². The summed E-state index contributed by atoms with van der Waals surface area (Å²) < 4.78 is 54.0. The molecule has 0 fully saturated rings. The third-order valence-corrected chi connectivity index (χ3v) is 4.19. The molecular weight excluding hydrogens is 386 g/mol. The first kappa shape index (κ1) is 20.4.